The van der Waals surface area contributed by atoms with Gasteiger partial charge in [0.1, 0.15) is 11.4 Å². The first kappa shape index (κ1) is 15.5. The van der Waals surface area contributed by atoms with E-state index in [1.807, 2.05) is 13.8 Å². The predicted molar refractivity (Wildman–Crippen MR) is 79.4 cm³/mol. The summed E-state index contributed by atoms with van der Waals surface area (Å²) < 4.78 is 5.49. The van der Waals surface area contributed by atoms with Gasteiger partial charge in [-0.05, 0) is 45.4 Å². The molecule has 2 rings (SSSR count). The van der Waals surface area contributed by atoms with Crippen LogP contribution >= 0.6 is 0 Å². The molecule has 1 aliphatic carbocycles. The van der Waals surface area contributed by atoms with Gasteiger partial charge in [0, 0.05) is 0 Å². The van der Waals surface area contributed by atoms with Gasteiger partial charge in [0.25, 0.3) is 0 Å². The molecule has 0 spiro atoms. The zero-order valence-electron chi connectivity index (χ0n) is 12.8. The maximum atomic E-state index is 11.7. The number of hydrogen-bond acceptors (Lipinski definition) is 5. The molecule has 1 aliphatic rings. The van der Waals surface area contributed by atoms with Crippen molar-refractivity contribution in [1.29, 1.82) is 0 Å². The minimum atomic E-state index is -0.947. The van der Waals surface area contributed by atoms with Crippen LogP contribution in [0.2, 0.25) is 0 Å². The van der Waals surface area contributed by atoms with E-state index in [0.29, 0.717) is 30.5 Å². The summed E-state index contributed by atoms with van der Waals surface area (Å²) in [4.78, 5) is 20.1. The third-order valence-electron chi connectivity index (χ3n) is 3.87. The van der Waals surface area contributed by atoms with Gasteiger partial charge in [-0.2, -0.15) is 4.98 Å². The highest BCUT2D eigenvalue weighted by atomic mass is 16.5. The average Bonchev–Trinajstić information content (AvgIpc) is 2.41. The number of nitrogens with one attached hydrogen (secondary N) is 1. The fourth-order valence-electron chi connectivity index (χ4n) is 2.60. The molecule has 0 amide bonds. The molecule has 1 heterocycles. The Morgan fingerprint density at radius 1 is 1.43 bits per heavy atom. The second-order valence-corrected chi connectivity index (χ2v) is 6.10. The molecule has 1 saturated carbocycles. The minimum Gasteiger partial charge on any atom is -0.480 e. The fraction of sp³-hybridized carbons (Fsp3) is 0.667. The summed E-state index contributed by atoms with van der Waals surface area (Å²) in [7, 11) is 0. The molecule has 0 radical (unpaired) electrons. The Hall–Kier alpha value is -1.85. The van der Waals surface area contributed by atoms with E-state index < -0.39 is 11.5 Å². The topological polar surface area (TPSA) is 84.3 Å². The molecule has 1 aromatic rings. The lowest BCUT2D eigenvalue weighted by Crippen LogP contribution is -2.49. The summed E-state index contributed by atoms with van der Waals surface area (Å²) >= 11 is 0. The number of carbonyl (C=O) groups is 1. The van der Waals surface area contributed by atoms with Crippen LogP contribution < -0.4 is 10.1 Å². The van der Waals surface area contributed by atoms with Gasteiger partial charge in [-0.25, -0.2) is 4.79 Å². The number of nitrogens with zero attached hydrogens (tertiary/aromatic N) is 2. The van der Waals surface area contributed by atoms with Crippen LogP contribution in [0.3, 0.4) is 0 Å². The van der Waals surface area contributed by atoms with Crippen LogP contribution in [-0.2, 0) is 4.79 Å². The molecule has 2 N–H and O–H groups in total. The Balaban J connectivity index is 2.16. The van der Waals surface area contributed by atoms with Gasteiger partial charge in [-0.3, -0.25) is 4.98 Å². The standard InChI is InChI=1S/C15H23N3O3/c1-10(2)21-13-9-16-8-12(17-13)18-15(14(19)20)6-4-11(3)5-7-15/h8-11H,4-7H2,1-3H3,(H,17,18)(H,19,20). The van der Waals surface area contributed by atoms with E-state index in [4.69, 9.17) is 4.74 Å². The normalized spacial score (nSPS) is 25.6. The lowest BCUT2D eigenvalue weighted by Gasteiger charge is -2.36. The van der Waals surface area contributed by atoms with Crippen LogP contribution in [0.5, 0.6) is 5.88 Å². The van der Waals surface area contributed by atoms with E-state index >= 15 is 0 Å². The zero-order valence-corrected chi connectivity index (χ0v) is 12.8. The first-order valence-corrected chi connectivity index (χ1v) is 7.41. The molecule has 6 heteroatoms. The molecule has 6 nitrogen and oxygen atoms in total. The van der Waals surface area contributed by atoms with E-state index in [1.54, 1.807) is 0 Å². The number of carboxylic acids is 1. The Morgan fingerprint density at radius 3 is 2.67 bits per heavy atom. The van der Waals surface area contributed by atoms with E-state index in [1.165, 1.54) is 12.4 Å². The molecule has 0 aromatic carbocycles. The lowest BCUT2D eigenvalue weighted by molar-refractivity contribution is -0.143. The summed E-state index contributed by atoms with van der Waals surface area (Å²) in [6, 6.07) is 0. The summed E-state index contributed by atoms with van der Waals surface area (Å²) in [6.07, 6.45) is 6.06. The summed E-state index contributed by atoms with van der Waals surface area (Å²) in [5.41, 5.74) is -0.947. The van der Waals surface area contributed by atoms with Crippen molar-refractivity contribution in [2.75, 3.05) is 5.32 Å². The van der Waals surface area contributed by atoms with Crippen molar-refractivity contribution in [3.63, 3.8) is 0 Å². The smallest absolute Gasteiger partial charge is 0.329 e. The molecule has 1 fully saturated rings. The van der Waals surface area contributed by atoms with Crippen LogP contribution in [-0.4, -0.2) is 32.7 Å². The van der Waals surface area contributed by atoms with Crippen molar-refractivity contribution in [3.05, 3.63) is 12.4 Å². The fourth-order valence-corrected chi connectivity index (χ4v) is 2.60. The highest BCUT2D eigenvalue weighted by molar-refractivity contribution is 5.82. The largest absolute Gasteiger partial charge is 0.480 e. The number of aliphatic carboxylic acids is 1. The van der Waals surface area contributed by atoms with Gasteiger partial charge in [0.15, 0.2) is 0 Å². The van der Waals surface area contributed by atoms with E-state index in [2.05, 4.69) is 22.2 Å². The molecule has 0 saturated heterocycles. The zero-order chi connectivity index (χ0) is 15.5. The van der Waals surface area contributed by atoms with Gasteiger partial charge in [0.05, 0.1) is 18.5 Å². The molecule has 1 aromatic heterocycles. The molecular formula is C15H23N3O3. The minimum absolute atomic E-state index is 0.00138. The highest BCUT2D eigenvalue weighted by Crippen LogP contribution is 2.34. The van der Waals surface area contributed by atoms with E-state index in [-0.39, 0.29) is 6.10 Å². The number of aromatic nitrogens is 2. The van der Waals surface area contributed by atoms with E-state index in [9.17, 15) is 9.90 Å². The SMILES string of the molecule is CC1CCC(Nc2cncc(OC(C)C)n2)(C(=O)O)CC1. The number of anilines is 1. The molecule has 0 atom stereocenters. The van der Waals surface area contributed by atoms with Crippen LogP contribution in [0.1, 0.15) is 46.5 Å². The highest BCUT2D eigenvalue weighted by Gasteiger charge is 2.41. The van der Waals surface area contributed by atoms with Gasteiger partial charge >= 0.3 is 5.97 Å². The van der Waals surface area contributed by atoms with Crippen LogP contribution in [0.25, 0.3) is 0 Å². The van der Waals surface area contributed by atoms with Gasteiger partial charge in [-0.1, -0.05) is 6.92 Å². The van der Waals surface area contributed by atoms with Crippen molar-refractivity contribution in [3.8, 4) is 5.88 Å². The summed E-state index contributed by atoms with van der Waals surface area (Å²) in [5.74, 6) is 0.595. The lowest BCUT2D eigenvalue weighted by atomic mass is 9.77. The maximum absolute atomic E-state index is 11.7. The summed E-state index contributed by atoms with van der Waals surface area (Å²) in [6.45, 7) is 5.97. The van der Waals surface area contributed by atoms with Crippen molar-refractivity contribution in [2.24, 2.45) is 5.92 Å². The van der Waals surface area contributed by atoms with Crippen LogP contribution in [0, 0.1) is 5.92 Å². The first-order chi connectivity index (χ1) is 9.91. The van der Waals surface area contributed by atoms with Crippen LogP contribution in [0.15, 0.2) is 12.4 Å². The molecule has 0 aliphatic heterocycles. The monoisotopic (exact) mass is 293 g/mol. The van der Waals surface area contributed by atoms with Crippen molar-refractivity contribution < 1.29 is 14.6 Å². The molecule has 21 heavy (non-hydrogen) atoms. The Bertz CT molecular complexity index is 497. The van der Waals surface area contributed by atoms with Crippen molar-refractivity contribution >= 4 is 11.8 Å². The quantitative estimate of drug-likeness (QED) is 0.868. The number of ether oxygens (including phenoxy) is 1. The first-order valence-electron chi connectivity index (χ1n) is 7.41. The van der Waals surface area contributed by atoms with E-state index in [0.717, 1.165) is 12.8 Å². The Labute approximate surface area is 124 Å². The van der Waals surface area contributed by atoms with Crippen molar-refractivity contribution in [1.82, 2.24) is 9.97 Å². The third kappa shape index (κ3) is 3.83. The number of carboxylic acid groups (broad SMARTS) is 1. The number of rotatable bonds is 5. The predicted octanol–water partition coefficient (Wildman–Crippen LogP) is 2.71. The van der Waals surface area contributed by atoms with Gasteiger partial charge < -0.3 is 15.2 Å². The third-order valence-corrected chi connectivity index (χ3v) is 3.87. The second-order valence-electron chi connectivity index (χ2n) is 6.10. The van der Waals surface area contributed by atoms with Crippen LogP contribution in [0.4, 0.5) is 5.82 Å². The molecule has 0 bridgehead atoms. The van der Waals surface area contributed by atoms with Gasteiger partial charge in [-0.15, -0.1) is 0 Å². The Morgan fingerprint density at radius 2 is 2.10 bits per heavy atom. The molecule has 0 unspecified atom stereocenters. The molecule has 116 valence electrons. The average molecular weight is 293 g/mol. The summed E-state index contributed by atoms with van der Waals surface area (Å²) in [5, 5.41) is 12.7. The second kappa shape index (κ2) is 6.28. The van der Waals surface area contributed by atoms with Crippen molar-refractivity contribution in [2.45, 2.75) is 58.1 Å². The van der Waals surface area contributed by atoms with Gasteiger partial charge in [0.2, 0.25) is 5.88 Å². The maximum Gasteiger partial charge on any atom is 0.329 e. The molecular weight excluding hydrogens is 270 g/mol. The Kier molecular flexibility index (Phi) is 4.65. The number of hydrogen-bond donors (Lipinski definition) is 2.